The Hall–Kier alpha value is -1.63. The number of anilines is 1. The van der Waals surface area contributed by atoms with E-state index in [0.717, 1.165) is 0 Å². The first-order valence-corrected chi connectivity index (χ1v) is 8.79. The van der Waals surface area contributed by atoms with Gasteiger partial charge in [-0.2, -0.15) is 9.57 Å². The molecule has 0 bridgehead atoms. The molecule has 7 nitrogen and oxygen atoms in total. The molecular weight excluding hydrogens is 310 g/mol. The first kappa shape index (κ1) is 15.8. The first-order chi connectivity index (χ1) is 9.93. The number of hydrogen-bond donors (Lipinski definition) is 1. The summed E-state index contributed by atoms with van der Waals surface area (Å²) in [6.45, 7) is 4.16. The topological polar surface area (TPSA) is 90.5 Å². The zero-order chi connectivity index (χ0) is 15.6. The van der Waals surface area contributed by atoms with E-state index in [9.17, 15) is 8.42 Å². The number of rotatable bonds is 6. The van der Waals surface area contributed by atoms with Crippen molar-refractivity contribution in [3.8, 4) is 6.07 Å². The molecule has 2 heterocycles. The summed E-state index contributed by atoms with van der Waals surface area (Å²) in [4.78, 5) is 4.93. The third-order valence-corrected chi connectivity index (χ3v) is 5.95. The number of imidazole rings is 1. The van der Waals surface area contributed by atoms with Crippen LogP contribution in [0.1, 0.15) is 20.3 Å². The number of fused-ring (bicyclic) bond motifs is 1. The number of hydrogen-bond acceptors (Lipinski definition) is 6. The number of nitrogens with zero attached hydrogens (tertiary/aromatic N) is 4. The quantitative estimate of drug-likeness (QED) is 0.873. The molecule has 0 aliphatic carbocycles. The minimum atomic E-state index is -3.74. The van der Waals surface area contributed by atoms with Gasteiger partial charge in [0.05, 0.1) is 12.5 Å². The van der Waals surface area contributed by atoms with E-state index in [1.807, 2.05) is 13.0 Å². The van der Waals surface area contributed by atoms with Gasteiger partial charge in [-0.05, 0) is 13.8 Å². The molecule has 0 spiro atoms. The van der Waals surface area contributed by atoms with Crippen molar-refractivity contribution in [3.05, 3.63) is 11.6 Å². The zero-order valence-electron chi connectivity index (χ0n) is 12.1. The summed E-state index contributed by atoms with van der Waals surface area (Å²) >= 11 is 1.37. The largest absolute Gasteiger partial charge is 0.368 e. The van der Waals surface area contributed by atoms with Crippen LogP contribution in [0.15, 0.2) is 16.6 Å². The van der Waals surface area contributed by atoms with Gasteiger partial charge >= 0.3 is 0 Å². The van der Waals surface area contributed by atoms with Crippen LogP contribution in [0.5, 0.6) is 0 Å². The maximum atomic E-state index is 12.8. The number of sulfonamides is 1. The van der Waals surface area contributed by atoms with Crippen molar-refractivity contribution in [2.24, 2.45) is 0 Å². The Kier molecular flexibility index (Phi) is 4.51. The molecule has 1 atom stereocenters. The summed E-state index contributed by atoms with van der Waals surface area (Å²) in [5, 5.41) is 13.7. The lowest BCUT2D eigenvalue weighted by atomic mass is 10.3. The molecule has 21 heavy (non-hydrogen) atoms. The van der Waals surface area contributed by atoms with Crippen LogP contribution in [0, 0.1) is 11.3 Å². The molecule has 114 valence electrons. The van der Waals surface area contributed by atoms with Gasteiger partial charge in [0.1, 0.15) is 0 Å². The molecule has 1 unspecified atom stereocenters. The maximum absolute atomic E-state index is 12.8. The van der Waals surface area contributed by atoms with E-state index in [0.29, 0.717) is 17.3 Å². The summed E-state index contributed by atoms with van der Waals surface area (Å²) in [6, 6.07) is 1.59. The Labute approximate surface area is 127 Å². The van der Waals surface area contributed by atoms with E-state index in [1.54, 1.807) is 22.9 Å². The van der Waals surface area contributed by atoms with Gasteiger partial charge in [-0.1, -0.05) is 0 Å². The Balaban J connectivity index is 2.55. The molecule has 0 aliphatic rings. The number of nitrogens with one attached hydrogen (secondary N) is 1. The van der Waals surface area contributed by atoms with Crippen molar-refractivity contribution in [1.29, 1.82) is 5.26 Å². The van der Waals surface area contributed by atoms with Crippen LogP contribution >= 0.6 is 11.3 Å². The second-order valence-electron chi connectivity index (χ2n) is 4.58. The monoisotopic (exact) mass is 327 g/mol. The van der Waals surface area contributed by atoms with Crippen molar-refractivity contribution in [3.63, 3.8) is 0 Å². The van der Waals surface area contributed by atoms with Crippen molar-refractivity contribution in [1.82, 2.24) is 13.7 Å². The highest BCUT2D eigenvalue weighted by Gasteiger charge is 2.32. The van der Waals surface area contributed by atoms with Gasteiger partial charge in [0, 0.05) is 31.2 Å². The van der Waals surface area contributed by atoms with Crippen molar-refractivity contribution >= 4 is 32.1 Å². The molecule has 0 amide bonds. The predicted octanol–water partition coefficient (Wildman–Crippen LogP) is 1.75. The van der Waals surface area contributed by atoms with Crippen LogP contribution in [0.4, 0.5) is 5.82 Å². The fourth-order valence-corrected chi connectivity index (χ4v) is 4.28. The Morgan fingerprint density at radius 1 is 1.62 bits per heavy atom. The van der Waals surface area contributed by atoms with Gasteiger partial charge in [-0.3, -0.25) is 4.40 Å². The standard InChI is InChI=1S/C12H17N5O2S2/c1-4-14-10-11(17-7-8-20-12(17)15-10)21(18,19)16(3)9(2)5-6-13/h7-9,14H,4-5H2,1-3H3. The third kappa shape index (κ3) is 2.74. The van der Waals surface area contributed by atoms with Gasteiger partial charge in [0.25, 0.3) is 10.0 Å². The van der Waals surface area contributed by atoms with Gasteiger partial charge in [0.15, 0.2) is 15.8 Å². The SMILES string of the molecule is CCNc1nc2sccn2c1S(=O)(=O)N(C)C(C)CC#N. The maximum Gasteiger partial charge on any atom is 0.262 e. The lowest BCUT2D eigenvalue weighted by Gasteiger charge is -2.22. The summed E-state index contributed by atoms with van der Waals surface area (Å²) in [6.07, 6.45) is 1.82. The fraction of sp³-hybridized carbons (Fsp3) is 0.500. The van der Waals surface area contributed by atoms with Crippen LogP contribution in [-0.2, 0) is 10.0 Å². The highest BCUT2D eigenvalue weighted by Crippen LogP contribution is 2.28. The summed E-state index contributed by atoms with van der Waals surface area (Å²) in [5.41, 5.74) is 0. The minimum absolute atomic E-state index is 0.118. The first-order valence-electron chi connectivity index (χ1n) is 6.47. The summed E-state index contributed by atoms with van der Waals surface area (Å²) in [5.74, 6) is 0.348. The number of aromatic nitrogens is 2. The average molecular weight is 327 g/mol. The van der Waals surface area contributed by atoms with Gasteiger partial charge in [0.2, 0.25) is 0 Å². The molecule has 0 aromatic carbocycles. The molecule has 2 aromatic heterocycles. The van der Waals surface area contributed by atoms with E-state index in [2.05, 4.69) is 10.3 Å². The smallest absolute Gasteiger partial charge is 0.262 e. The fourth-order valence-electron chi connectivity index (χ4n) is 1.93. The molecule has 0 fully saturated rings. The second-order valence-corrected chi connectivity index (χ2v) is 7.37. The van der Waals surface area contributed by atoms with Crippen molar-refractivity contribution < 1.29 is 8.42 Å². The zero-order valence-corrected chi connectivity index (χ0v) is 13.7. The molecular formula is C12H17N5O2S2. The van der Waals surface area contributed by atoms with Crippen LogP contribution in [-0.4, -0.2) is 41.7 Å². The van der Waals surface area contributed by atoms with Gasteiger partial charge in [-0.25, -0.2) is 13.4 Å². The second kappa shape index (κ2) is 6.01. The van der Waals surface area contributed by atoms with Crippen molar-refractivity contribution in [2.45, 2.75) is 31.3 Å². The molecule has 2 rings (SSSR count). The van der Waals surface area contributed by atoms with E-state index in [4.69, 9.17) is 5.26 Å². The molecule has 2 aromatic rings. The van der Waals surface area contributed by atoms with E-state index in [-0.39, 0.29) is 11.4 Å². The Bertz CT molecular complexity index is 771. The lowest BCUT2D eigenvalue weighted by Crippen LogP contribution is -2.35. The van der Waals surface area contributed by atoms with Crippen LogP contribution in [0.3, 0.4) is 0 Å². The lowest BCUT2D eigenvalue weighted by molar-refractivity contribution is 0.391. The van der Waals surface area contributed by atoms with Gasteiger partial charge < -0.3 is 5.32 Å². The van der Waals surface area contributed by atoms with E-state index < -0.39 is 16.1 Å². The molecule has 0 radical (unpaired) electrons. The third-order valence-electron chi connectivity index (χ3n) is 3.19. The predicted molar refractivity (Wildman–Crippen MR) is 81.9 cm³/mol. The number of nitriles is 1. The highest BCUT2D eigenvalue weighted by molar-refractivity contribution is 7.89. The highest BCUT2D eigenvalue weighted by atomic mass is 32.2. The van der Waals surface area contributed by atoms with Gasteiger partial charge in [-0.15, -0.1) is 11.3 Å². The van der Waals surface area contributed by atoms with E-state index in [1.165, 1.54) is 22.7 Å². The molecule has 9 heteroatoms. The molecule has 0 saturated carbocycles. The minimum Gasteiger partial charge on any atom is -0.368 e. The number of thiazole rings is 1. The normalized spacial score (nSPS) is 13.5. The molecule has 0 saturated heterocycles. The Morgan fingerprint density at radius 2 is 2.33 bits per heavy atom. The van der Waals surface area contributed by atoms with Crippen LogP contribution in [0.25, 0.3) is 4.96 Å². The van der Waals surface area contributed by atoms with Crippen LogP contribution in [0.2, 0.25) is 0 Å². The molecule has 1 N–H and O–H groups in total. The Morgan fingerprint density at radius 3 is 2.95 bits per heavy atom. The van der Waals surface area contributed by atoms with Crippen LogP contribution < -0.4 is 5.32 Å². The van der Waals surface area contributed by atoms with Crippen molar-refractivity contribution in [2.75, 3.05) is 18.9 Å². The summed E-state index contributed by atoms with van der Waals surface area (Å²) in [7, 11) is -2.25. The molecule has 0 aliphatic heterocycles. The van der Waals surface area contributed by atoms with E-state index >= 15 is 0 Å². The average Bonchev–Trinajstić information content (AvgIpc) is 2.98. The summed E-state index contributed by atoms with van der Waals surface area (Å²) < 4.78 is 28.5.